The van der Waals surface area contributed by atoms with Gasteiger partial charge < -0.3 is 15.2 Å². The molecule has 3 N–H and O–H groups in total. The van der Waals surface area contributed by atoms with E-state index in [1.807, 2.05) is 0 Å². The molecule has 0 unspecified atom stereocenters. The van der Waals surface area contributed by atoms with Crippen molar-refractivity contribution in [2.75, 3.05) is 7.11 Å². The van der Waals surface area contributed by atoms with Gasteiger partial charge in [0.05, 0.1) is 13.3 Å². The third kappa shape index (κ3) is 4.59. The van der Waals surface area contributed by atoms with Crippen molar-refractivity contribution in [2.24, 2.45) is 10.8 Å². The maximum atomic E-state index is 10.9. The summed E-state index contributed by atoms with van der Waals surface area (Å²) in [6, 6.07) is 2.39. The first-order valence-electron chi connectivity index (χ1n) is 5.08. The number of hydrogen-bond donors (Lipinski definition) is 2. The number of methoxy groups -OCH3 is 1. The SMILES string of the molecule is COc1cc(C=NNC(N)=O)c(Br)cc1OC(C)=O. The number of rotatable bonds is 4. The molecule has 0 saturated carbocycles. The van der Waals surface area contributed by atoms with Crippen LogP contribution in [-0.4, -0.2) is 25.3 Å². The average Bonchev–Trinajstić information content (AvgIpc) is 2.30. The lowest BCUT2D eigenvalue weighted by molar-refractivity contribution is -0.132. The predicted molar refractivity (Wildman–Crippen MR) is 72.3 cm³/mol. The third-order valence-corrected chi connectivity index (χ3v) is 2.60. The Morgan fingerprint density at radius 3 is 2.63 bits per heavy atom. The van der Waals surface area contributed by atoms with Crippen molar-refractivity contribution in [1.82, 2.24) is 5.43 Å². The minimum atomic E-state index is -0.768. The molecule has 0 bridgehead atoms. The number of hydrogen-bond acceptors (Lipinski definition) is 5. The first kappa shape index (κ1) is 15.0. The largest absolute Gasteiger partial charge is 0.493 e. The number of halogens is 1. The van der Waals surface area contributed by atoms with Gasteiger partial charge in [0.25, 0.3) is 0 Å². The standard InChI is InChI=1S/C11H12BrN3O4/c1-6(16)19-10-4-8(12)7(3-9(10)18-2)5-14-15-11(13)17/h3-5H,1-2H3,(H3,13,15,17). The summed E-state index contributed by atoms with van der Waals surface area (Å²) in [6.07, 6.45) is 1.37. The van der Waals surface area contributed by atoms with Gasteiger partial charge >= 0.3 is 12.0 Å². The van der Waals surface area contributed by atoms with Crippen molar-refractivity contribution in [1.29, 1.82) is 0 Å². The van der Waals surface area contributed by atoms with Gasteiger partial charge in [-0.3, -0.25) is 4.79 Å². The lowest BCUT2D eigenvalue weighted by atomic mass is 10.2. The molecule has 0 heterocycles. The zero-order chi connectivity index (χ0) is 14.4. The Labute approximate surface area is 117 Å². The van der Waals surface area contributed by atoms with Crippen LogP contribution >= 0.6 is 15.9 Å². The fourth-order valence-electron chi connectivity index (χ4n) is 1.21. The number of hydrazone groups is 1. The number of benzene rings is 1. The average molecular weight is 330 g/mol. The molecule has 1 aromatic carbocycles. The number of nitrogens with zero attached hydrogens (tertiary/aromatic N) is 1. The van der Waals surface area contributed by atoms with Crippen molar-refractivity contribution in [3.8, 4) is 11.5 Å². The summed E-state index contributed by atoms with van der Waals surface area (Å²) in [4.78, 5) is 21.4. The summed E-state index contributed by atoms with van der Waals surface area (Å²) in [5.41, 5.74) is 7.55. The highest BCUT2D eigenvalue weighted by Gasteiger charge is 2.11. The van der Waals surface area contributed by atoms with E-state index in [2.05, 4.69) is 26.5 Å². The maximum Gasteiger partial charge on any atom is 0.332 e. The Balaban J connectivity index is 3.05. The molecule has 0 radical (unpaired) electrons. The van der Waals surface area contributed by atoms with E-state index >= 15 is 0 Å². The van der Waals surface area contributed by atoms with E-state index in [0.717, 1.165) is 0 Å². The van der Waals surface area contributed by atoms with Crippen LogP contribution in [0.3, 0.4) is 0 Å². The van der Waals surface area contributed by atoms with Crippen molar-refractivity contribution in [2.45, 2.75) is 6.92 Å². The molecular formula is C11H12BrN3O4. The first-order chi connectivity index (χ1) is 8.93. The minimum absolute atomic E-state index is 0.280. The van der Waals surface area contributed by atoms with E-state index < -0.39 is 12.0 Å². The van der Waals surface area contributed by atoms with Gasteiger partial charge in [-0.2, -0.15) is 5.10 Å². The molecule has 2 amide bonds. The molecule has 0 aliphatic rings. The van der Waals surface area contributed by atoms with Gasteiger partial charge in [-0.1, -0.05) is 0 Å². The quantitative estimate of drug-likeness (QED) is 0.377. The Morgan fingerprint density at radius 1 is 1.42 bits per heavy atom. The van der Waals surface area contributed by atoms with Crippen LogP contribution in [0.2, 0.25) is 0 Å². The number of amides is 2. The van der Waals surface area contributed by atoms with E-state index in [0.29, 0.717) is 15.8 Å². The minimum Gasteiger partial charge on any atom is -0.493 e. The van der Waals surface area contributed by atoms with Crippen LogP contribution in [0, 0.1) is 0 Å². The first-order valence-corrected chi connectivity index (χ1v) is 5.87. The van der Waals surface area contributed by atoms with Crippen LogP contribution < -0.4 is 20.6 Å². The van der Waals surface area contributed by atoms with E-state index in [1.54, 1.807) is 12.1 Å². The van der Waals surface area contributed by atoms with Crippen LogP contribution in [-0.2, 0) is 4.79 Å². The van der Waals surface area contributed by atoms with Gasteiger partial charge in [-0.15, -0.1) is 0 Å². The van der Waals surface area contributed by atoms with Gasteiger partial charge in [-0.05, 0) is 28.1 Å². The molecule has 0 aliphatic heterocycles. The van der Waals surface area contributed by atoms with Crippen LogP contribution in [0.1, 0.15) is 12.5 Å². The number of carbonyl (C=O) groups excluding carboxylic acids is 2. The Morgan fingerprint density at radius 2 is 2.11 bits per heavy atom. The molecule has 0 spiro atoms. The van der Waals surface area contributed by atoms with Crippen LogP contribution in [0.4, 0.5) is 4.79 Å². The number of ether oxygens (including phenoxy) is 2. The zero-order valence-electron chi connectivity index (χ0n) is 10.3. The third-order valence-electron chi connectivity index (χ3n) is 1.92. The monoisotopic (exact) mass is 329 g/mol. The molecule has 1 aromatic rings. The fourth-order valence-corrected chi connectivity index (χ4v) is 1.63. The Hall–Kier alpha value is -2.09. The number of primary amides is 1. The molecule has 102 valence electrons. The van der Waals surface area contributed by atoms with Crippen molar-refractivity contribution < 1.29 is 19.1 Å². The summed E-state index contributed by atoms with van der Waals surface area (Å²) in [7, 11) is 1.44. The zero-order valence-corrected chi connectivity index (χ0v) is 11.9. The maximum absolute atomic E-state index is 10.9. The molecule has 19 heavy (non-hydrogen) atoms. The smallest absolute Gasteiger partial charge is 0.332 e. The molecule has 1 rings (SSSR count). The highest BCUT2D eigenvalue weighted by atomic mass is 79.9. The van der Waals surface area contributed by atoms with Gasteiger partial charge in [0.15, 0.2) is 11.5 Å². The lowest BCUT2D eigenvalue weighted by Crippen LogP contribution is -2.24. The molecule has 0 aromatic heterocycles. The number of nitrogens with one attached hydrogen (secondary N) is 1. The normalized spacial score (nSPS) is 10.3. The number of nitrogens with two attached hydrogens (primary N) is 1. The lowest BCUT2D eigenvalue weighted by Gasteiger charge is -2.10. The molecule has 0 atom stereocenters. The van der Waals surface area contributed by atoms with Crippen LogP contribution in [0.25, 0.3) is 0 Å². The van der Waals surface area contributed by atoms with Crippen LogP contribution in [0.15, 0.2) is 21.7 Å². The second-order valence-electron chi connectivity index (χ2n) is 3.35. The van der Waals surface area contributed by atoms with Crippen molar-refractivity contribution in [3.05, 3.63) is 22.2 Å². The summed E-state index contributed by atoms with van der Waals surface area (Å²) < 4.78 is 10.7. The van der Waals surface area contributed by atoms with Gasteiger partial charge in [-0.25, -0.2) is 10.2 Å². The number of urea groups is 1. The highest BCUT2D eigenvalue weighted by molar-refractivity contribution is 9.10. The molecule has 0 fully saturated rings. The fraction of sp³-hybridized carbons (Fsp3) is 0.182. The molecule has 8 heteroatoms. The predicted octanol–water partition coefficient (Wildman–Crippen LogP) is 1.39. The van der Waals surface area contributed by atoms with E-state index in [4.69, 9.17) is 15.2 Å². The van der Waals surface area contributed by atoms with E-state index in [1.165, 1.54) is 20.2 Å². The second-order valence-corrected chi connectivity index (χ2v) is 4.21. The Kier molecular flexibility index (Phi) is 5.31. The molecule has 0 saturated heterocycles. The summed E-state index contributed by atoms with van der Waals surface area (Å²) >= 11 is 3.29. The van der Waals surface area contributed by atoms with Gasteiger partial charge in [0.2, 0.25) is 0 Å². The summed E-state index contributed by atoms with van der Waals surface area (Å²) in [5, 5.41) is 3.63. The van der Waals surface area contributed by atoms with Gasteiger partial charge in [0, 0.05) is 17.0 Å². The summed E-state index contributed by atoms with van der Waals surface area (Å²) in [6.45, 7) is 1.29. The van der Waals surface area contributed by atoms with Crippen molar-refractivity contribution in [3.63, 3.8) is 0 Å². The Bertz CT molecular complexity index is 531. The van der Waals surface area contributed by atoms with E-state index in [-0.39, 0.29) is 5.75 Å². The van der Waals surface area contributed by atoms with Crippen LogP contribution in [0.5, 0.6) is 11.5 Å². The highest BCUT2D eigenvalue weighted by Crippen LogP contribution is 2.32. The van der Waals surface area contributed by atoms with E-state index in [9.17, 15) is 9.59 Å². The summed E-state index contributed by atoms with van der Waals surface area (Å²) in [5.74, 6) is 0.183. The van der Waals surface area contributed by atoms with Crippen molar-refractivity contribution >= 4 is 34.1 Å². The topological polar surface area (TPSA) is 103 Å². The molecule has 0 aliphatic carbocycles. The number of esters is 1. The van der Waals surface area contributed by atoms with Gasteiger partial charge in [0.1, 0.15) is 0 Å². The number of carbonyl (C=O) groups is 2. The molecule has 7 nitrogen and oxygen atoms in total. The molecular weight excluding hydrogens is 318 g/mol. The second kappa shape index (κ2) is 6.74.